The Bertz CT molecular complexity index is 231. The quantitative estimate of drug-likeness (QED) is 0.581. The van der Waals surface area contributed by atoms with Crippen LogP contribution < -0.4 is 0 Å². The van der Waals surface area contributed by atoms with Gasteiger partial charge in [0.1, 0.15) is 0 Å². The van der Waals surface area contributed by atoms with Crippen molar-refractivity contribution in [3.63, 3.8) is 0 Å². The highest BCUT2D eigenvalue weighted by Gasteiger charge is 2.24. The maximum Gasteiger partial charge on any atom is 0.400 e. The van der Waals surface area contributed by atoms with Crippen LogP contribution in [0.3, 0.4) is 0 Å². The van der Waals surface area contributed by atoms with Gasteiger partial charge in [0, 0.05) is 6.42 Å². The Morgan fingerprint density at radius 3 is 2.91 bits per heavy atom. The zero-order valence-corrected chi connectivity index (χ0v) is 6.84. The van der Waals surface area contributed by atoms with Crippen molar-refractivity contribution < 1.29 is 16.8 Å². The highest BCUT2D eigenvalue weighted by atomic mass is 32.3. The zero-order chi connectivity index (χ0) is 8.32. The molecule has 1 fully saturated rings. The average molecular weight is 178 g/mol. The Kier molecular flexibility index (Phi) is 2.64. The lowest BCUT2D eigenvalue weighted by Crippen LogP contribution is -2.27. The van der Waals surface area contributed by atoms with Gasteiger partial charge >= 0.3 is 10.4 Å². The molecule has 1 saturated heterocycles. The topological polar surface area (TPSA) is 52.6 Å². The van der Waals surface area contributed by atoms with E-state index in [-0.39, 0.29) is 12.7 Å². The van der Waals surface area contributed by atoms with E-state index in [1.165, 1.54) is 0 Å². The Hall–Kier alpha value is -0.390. The first-order valence-electron chi connectivity index (χ1n) is 3.32. The van der Waals surface area contributed by atoms with Crippen LogP contribution in [0.15, 0.2) is 12.7 Å². The molecule has 0 N–H and O–H groups in total. The van der Waals surface area contributed by atoms with E-state index in [2.05, 4.69) is 14.9 Å². The molecule has 1 rings (SSSR count). The van der Waals surface area contributed by atoms with Crippen molar-refractivity contribution in [1.82, 2.24) is 0 Å². The maximum absolute atomic E-state index is 10.7. The maximum atomic E-state index is 10.7. The fourth-order valence-electron chi connectivity index (χ4n) is 0.867. The number of hydrogen-bond donors (Lipinski definition) is 0. The first-order chi connectivity index (χ1) is 5.14. The van der Waals surface area contributed by atoms with Crippen LogP contribution >= 0.6 is 0 Å². The average Bonchev–Trinajstić information content (AvgIpc) is 1.85. The van der Waals surface area contributed by atoms with Gasteiger partial charge in [0.15, 0.2) is 0 Å². The third kappa shape index (κ3) is 2.61. The summed E-state index contributed by atoms with van der Waals surface area (Å²) in [6.07, 6.45) is 2.49. The third-order valence-electron chi connectivity index (χ3n) is 1.35. The van der Waals surface area contributed by atoms with Crippen molar-refractivity contribution in [2.75, 3.05) is 6.61 Å². The first kappa shape index (κ1) is 8.70. The van der Waals surface area contributed by atoms with Crippen LogP contribution in [0.25, 0.3) is 0 Å². The smallest absolute Gasteiger partial charge is 0.248 e. The first-order valence-corrected chi connectivity index (χ1v) is 4.66. The standard InChI is InChI=1S/C6H10O4S/c1-2-3-6-4-5-9-11(7,8)10-6/h2,6H,1,3-5H2. The van der Waals surface area contributed by atoms with Crippen LogP contribution in [0.1, 0.15) is 12.8 Å². The molecule has 0 aromatic heterocycles. The van der Waals surface area contributed by atoms with E-state index >= 15 is 0 Å². The highest BCUT2D eigenvalue weighted by Crippen LogP contribution is 2.16. The Labute approximate surface area is 66.1 Å². The van der Waals surface area contributed by atoms with E-state index in [9.17, 15) is 8.42 Å². The van der Waals surface area contributed by atoms with Crippen molar-refractivity contribution in [1.29, 1.82) is 0 Å². The molecule has 1 atom stereocenters. The fraction of sp³-hybridized carbons (Fsp3) is 0.667. The summed E-state index contributed by atoms with van der Waals surface area (Å²) in [5.74, 6) is 0. The molecule has 0 spiro atoms. The normalized spacial score (nSPS) is 29.6. The molecule has 11 heavy (non-hydrogen) atoms. The van der Waals surface area contributed by atoms with Crippen molar-refractivity contribution in [3.8, 4) is 0 Å². The lowest BCUT2D eigenvalue weighted by atomic mass is 10.2. The second-order valence-electron chi connectivity index (χ2n) is 2.26. The van der Waals surface area contributed by atoms with Crippen molar-refractivity contribution in [2.24, 2.45) is 0 Å². The van der Waals surface area contributed by atoms with Crippen LogP contribution in [-0.4, -0.2) is 21.1 Å². The molecule has 0 radical (unpaired) electrons. The van der Waals surface area contributed by atoms with Crippen LogP contribution in [0, 0.1) is 0 Å². The van der Waals surface area contributed by atoms with E-state index in [1.54, 1.807) is 6.08 Å². The van der Waals surface area contributed by atoms with E-state index in [1.807, 2.05) is 0 Å². The summed E-state index contributed by atoms with van der Waals surface area (Å²) in [6.45, 7) is 3.70. The second-order valence-corrected chi connectivity index (χ2v) is 3.51. The molecule has 1 aliphatic rings. The van der Waals surface area contributed by atoms with Gasteiger partial charge in [-0.1, -0.05) is 6.08 Å². The minimum Gasteiger partial charge on any atom is -0.248 e. The van der Waals surface area contributed by atoms with Crippen molar-refractivity contribution in [3.05, 3.63) is 12.7 Å². The Morgan fingerprint density at radius 2 is 2.36 bits per heavy atom. The molecule has 1 aliphatic heterocycles. The van der Waals surface area contributed by atoms with Crippen LogP contribution in [0.5, 0.6) is 0 Å². The van der Waals surface area contributed by atoms with Crippen LogP contribution in [0.4, 0.5) is 0 Å². The molecule has 1 unspecified atom stereocenters. The molecule has 0 saturated carbocycles. The van der Waals surface area contributed by atoms with Gasteiger partial charge in [0.25, 0.3) is 0 Å². The van der Waals surface area contributed by atoms with Gasteiger partial charge in [-0.3, -0.25) is 0 Å². The molecule has 0 amide bonds. The lowest BCUT2D eigenvalue weighted by Gasteiger charge is -2.19. The highest BCUT2D eigenvalue weighted by molar-refractivity contribution is 7.81. The zero-order valence-electron chi connectivity index (χ0n) is 6.02. The van der Waals surface area contributed by atoms with Gasteiger partial charge in [-0.2, -0.15) is 8.42 Å². The summed E-state index contributed by atoms with van der Waals surface area (Å²) in [4.78, 5) is 0. The fourth-order valence-corrected chi connectivity index (χ4v) is 1.73. The van der Waals surface area contributed by atoms with Gasteiger partial charge < -0.3 is 0 Å². The minimum atomic E-state index is -3.70. The summed E-state index contributed by atoms with van der Waals surface area (Å²) in [7, 11) is -3.70. The molecular weight excluding hydrogens is 168 g/mol. The summed E-state index contributed by atoms with van der Waals surface area (Å²) in [5, 5.41) is 0. The van der Waals surface area contributed by atoms with Crippen LogP contribution in [0.2, 0.25) is 0 Å². The van der Waals surface area contributed by atoms with Crippen molar-refractivity contribution in [2.45, 2.75) is 18.9 Å². The van der Waals surface area contributed by atoms with Crippen LogP contribution in [-0.2, 0) is 18.8 Å². The van der Waals surface area contributed by atoms with E-state index in [4.69, 9.17) is 0 Å². The molecule has 64 valence electrons. The summed E-state index contributed by atoms with van der Waals surface area (Å²) in [6, 6.07) is 0. The second kappa shape index (κ2) is 3.34. The predicted octanol–water partition coefficient (Wildman–Crippen LogP) is 0.613. The van der Waals surface area contributed by atoms with Crippen molar-refractivity contribution >= 4 is 10.4 Å². The SMILES string of the molecule is C=CCC1CCOS(=O)(=O)O1. The predicted molar refractivity (Wildman–Crippen MR) is 39.2 cm³/mol. The third-order valence-corrected chi connectivity index (χ3v) is 2.31. The molecule has 0 aliphatic carbocycles. The Morgan fingerprint density at radius 1 is 1.64 bits per heavy atom. The van der Waals surface area contributed by atoms with E-state index in [0.717, 1.165) is 0 Å². The summed E-state index contributed by atoms with van der Waals surface area (Å²) >= 11 is 0. The Balaban J connectivity index is 2.53. The summed E-state index contributed by atoms with van der Waals surface area (Å²) in [5.41, 5.74) is 0. The molecule has 1 heterocycles. The number of hydrogen-bond acceptors (Lipinski definition) is 4. The monoisotopic (exact) mass is 178 g/mol. The molecule has 0 aromatic carbocycles. The summed E-state index contributed by atoms with van der Waals surface area (Å²) < 4.78 is 30.3. The molecule has 5 heteroatoms. The molecule has 0 aromatic rings. The van der Waals surface area contributed by atoms with Gasteiger partial charge in [-0.25, -0.2) is 8.37 Å². The largest absolute Gasteiger partial charge is 0.400 e. The van der Waals surface area contributed by atoms with E-state index in [0.29, 0.717) is 12.8 Å². The van der Waals surface area contributed by atoms with Gasteiger partial charge in [0.2, 0.25) is 0 Å². The van der Waals surface area contributed by atoms with Gasteiger partial charge in [-0.15, -0.1) is 6.58 Å². The minimum absolute atomic E-state index is 0.209. The molecular formula is C6H10O4S. The van der Waals surface area contributed by atoms with Gasteiger partial charge in [0.05, 0.1) is 12.7 Å². The lowest BCUT2D eigenvalue weighted by molar-refractivity contribution is 0.0933. The molecule has 0 bridgehead atoms. The number of rotatable bonds is 2. The van der Waals surface area contributed by atoms with E-state index < -0.39 is 10.4 Å². The molecule has 4 nitrogen and oxygen atoms in total. The van der Waals surface area contributed by atoms with Gasteiger partial charge in [-0.05, 0) is 6.42 Å².